The second kappa shape index (κ2) is 7.66. The van der Waals surface area contributed by atoms with E-state index in [1.54, 1.807) is 24.7 Å². The molecule has 0 spiro atoms. The number of amides is 1. The highest BCUT2D eigenvalue weighted by atomic mass is 35.5. The Bertz CT molecular complexity index is 974. The third-order valence-electron chi connectivity index (χ3n) is 5.42. The summed E-state index contributed by atoms with van der Waals surface area (Å²) in [6.45, 7) is 2.51. The minimum atomic E-state index is -1.05. The smallest absolute Gasteiger partial charge is 0.254 e. The molecule has 0 aromatic carbocycles. The zero-order valence-corrected chi connectivity index (χ0v) is 17.0. The minimum Gasteiger partial charge on any atom is -0.385 e. The van der Waals surface area contributed by atoms with Crippen molar-refractivity contribution in [1.29, 1.82) is 0 Å². The number of aromatic nitrogens is 3. The number of nitrogens with zero attached hydrogens (tertiary/aromatic N) is 3. The number of thiophene rings is 1. The lowest BCUT2D eigenvalue weighted by atomic mass is 9.80. The van der Waals surface area contributed by atoms with Gasteiger partial charge in [-0.05, 0) is 25.0 Å². The summed E-state index contributed by atoms with van der Waals surface area (Å²) >= 11 is 7.80. The molecule has 6 nitrogen and oxygen atoms in total. The highest BCUT2D eigenvalue weighted by Gasteiger charge is 2.41. The first kappa shape index (κ1) is 19.1. The van der Waals surface area contributed by atoms with Crippen LogP contribution in [0, 0.1) is 0 Å². The molecule has 1 saturated heterocycles. The van der Waals surface area contributed by atoms with Crippen molar-refractivity contribution >= 4 is 28.8 Å². The fourth-order valence-corrected chi connectivity index (χ4v) is 5.03. The average molecular weight is 417 g/mol. The van der Waals surface area contributed by atoms with Crippen molar-refractivity contribution in [3.05, 3.63) is 58.4 Å². The molecule has 1 aliphatic rings. The van der Waals surface area contributed by atoms with Crippen LogP contribution < -0.4 is 0 Å². The van der Waals surface area contributed by atoms with Crippen molar-refractivity contribution in [2.75, 3.05) is 6.54 Å². The topological polar surface area (TPSA) is 82.1 Å². The molecule has 0 saturated carbocycles. The lowest BCUT2D eigenvalue weighted by Gasteiger charge is -2.44. The summed E-state index contributed by atoms with van der Waals surface area (Å²) in [5, 5.41) is 20.4. The van der Waals surface area contributed by atoms with Gasteiger partial charge >= 0.3 is 0 Å². The van der Waals surface area contributed by atoms with Crippen LogP contribution in [0.2, 0.25) is 5.02 Å². The Morgan fingerprint density at radius 3 is 3.07 bits per heavy atom. The Hall–Kier alpha value is -2.22. The van der Waals surface area contributed by atoms with Crippen molar-refractivity contribution in [3.8, 4) is 10.4 Å². The number of carbonyl (C=O) groups excluding carboxylic acids is 1. The maximum Gasteiger partial charge on any atom is 0.254 e. The van der Waals surface area contributed by atoms with Crippen LogP contribution in [0.5, 0.6) is 0 Å². The van der Waals surface area contributed by atoms with E-state index < -0.39 is 5.60 Å². The first-order valence-electron chi connectivity index (χ1n) is 9.23. The van der Waals surface area contributed by atoms with Crippen LogP contribution in [0.1, 0.15) is 42.1 Å². The van der Waals surface area contributed by atoms with E-state index in [4.69, 9.17) is 11.6 Å². The SMILES string of the molecule is CCC1CC(O)(c2ccncc2Cl)CCN1C(=O)c1csc(-c2cn[nH]c2)c1. The van der Waals surface area contributed by atoms with Crippen LogP contribution in [0.3, 0.4) is 0 Å². The zero-order valence-electron chi connectivity index (χ0n) is 15.4. The summed E-state index contributed by atoms with van der Waals surface area (Å²) in [6.07, 6.45) is 8.41. The second-order valence-corrected chi connectivity index (χ2v) is 8.41. The third-order valence-corrected chi connectivity index (χ3v) is 6.70. The van der Waals surface area contributed by atoms with Gasteiger partial charge in [-0.25, -0.2) is 0 Å². The van der Waals surface area contributed by atoms with E-state index in [9.17, 15) is 9.90 Å². The summed E-state index contributed by atoms with van der Waals surface area (Å²) in [5.41, 5.74) is 1.28. The number of nitrogens with one attached hydrogen (secondary N) is 1. The number of rotatable bonds is 4. The van der Waals surface area contributed by atoms with E-state index in [0.29, 0.717) is 35.5 Å². The van der Waals surface area contributed by atoms with Gasteiger partial charge in [0.25, 0.3) is 5.91 Å². The van der Waals surface area contributed by atoms with Gasteiger partial charge in [0.15, 0.2) is 0 Å². The Balaban J connectivity index is 1.55. The number of hydrogen-bond acceptors (Lipinski definition) is 5. The van der Waals surface area contributed by atoms with Crippen LogP contribution in [0.4, 0.5) is 0 Å². The van der Waals surface area contributed by atoms with Crippen molar-refractivity contribution in [2.45, 2.75) is 37.8 Å². The fraction of sp³-hybridized carbons (Fsp3) is 0.350. The third kappa shape index (κ3) is 3.45. The zero-order chi connectivity index (χ0) is 19.7. The van der Waals surface area contributed by atoms with Crippen LogP contribution in [-0.4, -0.2) is 43.7 Å². The molecule has 4 rings (SSSR count). The molecule has 146 valence electrons. The van der Waals surface area contributed by atoms with E-state index in [1.807, 2.05) is 29.5 Å². The summed E-state index contributed by atoms with van der Waals surface area (Å²) in [6, 6.07) is 3.61. The lowest BCUT2D eigenvalue weighted by Crippen LogP contribution is -2.51. The van der Waals surface area contributed by atoms with Gasteiger partial charge in [0.05, 0.1) is 22.4 Å². The van der Waals surface area contributed by atoms with E-state index in [2.05, 4.69) is 15.2 Å². The Morgan fingerprint density at radius 2 is 2.36 bits per heavy atom. The van der Waals surface area contributed by atoms with Gasteiger partial charge < -0.3 is 10.0 Å². The highest BCUT2D eigenvalue weighted by molar-refractivity contribution is 7.13. The van der Waals surface area contributed by atoms with Crippen molar-refractivity contribution in [2.24, 2.45) is 0 Å². The van der Waals surface area contributed by atoms with Crippen LogP contribution in [0.25, 0.3) is 10.4 Å². The van der Waals surface area contributed by atoms with E-state index >= 15 is 0 Å². The predicted octanol–water partition coefficient (Wildman–Crippen LogP) is 4.09. The number of halogens is 1. The molecule has 1 aliphatic heterocycles. The second-order valence-electron chi connectivity index (χ2n) is 7.09. The summed E-state index contributed by atoms with van der Waals surface area (Å²) in [4.78, 5) is 20.0. The van der Waals surface area contributed by atoms with E-state index in [-0.39, 0.29) is 11.9 Å². The number of likely N-dealkylation sites (tertiary alicyclic amines) is 1. The van der Waals surface area contributed by atoms with Gasteiger partial charge in [-0.3, -0.25) is 14.9 Å². The minimum absolute atomic E-state index is 0.000667. The van der Waals surface area contributed by atoms with Crippen molar-refractivity contribution in [1.82, 2.24) is 20.1 Å². The fourth-order valence-electron chi connectivity index (χ4n) is 3.87. The molecular weight excluding hydrogens is 396 g/mol. The first-order chi connectivity index (χ1) is 13.5. The van der Waals surface area contributed by atoms with E-state index in [0.717, 1.165) is 16.9 Å². The van der Waals surface area contributed by atoms with Gasteiger partial charge in [-0.2, -0.15) is 5.10 Å². The molecule has 4 heterocycles. The summed E-state index contributed by atoms with van der Waals surface area (Å²) < 4.78 is 0. The first-order valence-corrected chi connectivity index (χ1v) is 10.5. The number of aliphatic hydroxyl groups is 1. The highest BCUT2D eigenvalue weighted by Crippen LogP contribution is 2.40. The maximum atomic E-state index is 13.2. The Morgan fingerprint density at radius 1 is 1.50 bits per heavy atom. The Labute approximate surface area is 172 Å². The molecule has 3 aromatic heterocycles. The van der Waals surface area contributed by atoms with Gasteiger partial charge in [-0.1, -0.05) is 18.5 Å². The van der Waals surface area contributed by atoms with Crippen molar-refractivity contribution < 1.29 is 9.90 Å². The normalized spacial score (nSPS) is 22.4. The molecular formula is C20H21ClN4O2S. The van der Waals surface area contributed by atoms with Gasteiger partial charge in [0.2, 0.25) is 0 Å². The molecule has 0 aliphatic carbocycles. The molecule has 2 N–H and O–H groups in total. The van der Waals surface area contributed by atoms with Gasteiger partial charge in [0.1, 0.15) is 0 Å². The maximum absolute atomic E-state index is 13.2. The summed E-state index contributed by atoms with van der Waals surface area (Å²) in [5.74, 6) is 0.000667. The standard InChI is InChI=1S/C20H21ClN4O2S/c1-2-15-8-20(27,16-3-5-22-11-17(16)21)4-6-25(15)19(26)13-7-18(28-12-13)14-9-23-24-10-14/h3,5,7,9-12,15,27H,2,4,6,8H2,1H3,(H,23,24). The molecule has 0 radical (unpaired) electrons. The molecule has 1 fully saturated rings. The number of piperidine rings is 1. The predicted molar refractivity (Wildman–Crippen MR) is 109 cm³/mol. The number of carbonyl (C=O) groups is 1. The van der Waals surface area contributed by atoms with E-state index in [1.165, 1.54) is 11.3 Å². The number of pyridine rings is 1. The van der Waals surface area contributed by atoms with Gasteiger partial charge in [-0.15, -0.1) is 11.3 Å². The van der Waals surface area contributed by atoms with Gasteiger partial charge in [0, 0.05) is 59.0 Å². The molecule has 8 heteroatoms. The number of hydrogen-bond donors (Lipinski definition) is 2. The molecule has 2 unspecified atom stereocenters. The monoisotopic (exact) mass is 416 g/mol. The molecule has 1 amide bonds. The van der Waals surface area contributed by atoms with Crippen LogP contribution >= 0.6 is 22.9 Å². The quantitative estimate of drug-likeness (QED) is 0.671. The molecule has 28 heavy (non-hydrogen) atoms. The van der Waals surface area contributed by atoms with Crippen LogP contribution in [-0.2, 0) is 5.60 Å². The average Bonchev–Trinajstić information content (AvgIpc) is 3.39. The van der Waals surface area contributed by atoms with Crippen LogP contribution in [0.15, 0.2) is 42.3 Å². The number of aromatic amines is 1. The molecule has 3 aromatic rings. The lowest BCUT2D eigenvalue weighted by molar-refractivity contribution is -0.0444. The largest absolute Gasteiger partial charge is 0.385 e. The number of H-pyrrole nitrogens is 1. The Kier molecular flexibility index (Phi) is 5.23. The van der Waals surface area contributed by atoms with Crippen molar-refractivity contribution in [3.63, 3.8) is 0 Å². The molecule has 0 bridgehead atoms. The molecule has 2 atom stereocenters. The summed E-state index contributed by atoms with van der Waals surface area (Å²) in [7, 11) is 0.